The zero-order valence-electron chi connectivity index (χ0n) is 14.9. The van der Waals surface area contributed by atoms with Gasteiger partial charge in [-0.1, -0.05) is 12.1 Å². The first-order chi connectivity index (χ1) is 11.6. The normalized spacial score (nSPS) is 12.1. The summed E-state index contributed by atoms with van der Waals surface area (Å²) in [6, 6.07) is 7.46. The van der Waals surface area contributed by atoms with Gasteiger partial charge >= 0.3 is 7.48 Å². The van der Waals surface area contributed by atoms with Gasteiger partial charge in [-0.3, -0.25) is 0 Å². The molecule has 5 nitrogen and oxygen atoms in total. The quantitative estimate of drug-likeness (QED) is 0.672. The number of halogens is 1. The Labute approximate surface area is 148 Å². The number of anilines is 1. The molecule has 0 saturated carbocycles. The number of aromatic nitrogens is 1. The standard InChI is InChI=1S/C18H23BFN2O3/c1-17(2,24)18(3,4)25-19-14-6-5-9-21-16(14)22-11-12-7-8-13(20)10-15(12)23/h5-10,23-24H,11H2,1-4H3,(H,21,22). The highest BCUT2D eigenvalue weighted by atomic mass is 19.1. The highest BCUT2D eigenvalue weighted by Gasteiger charge is 2.35. The molecule has 2 rings (SSSR count). The van der Waals surface area contributed by atoms with E-state index >= 15 is 0 Å². The Balaban J connectivity index is 2.08. The van der Waals surface area contributed by atoms with Crippen LogP contribution in [0.1, 0.15) is 33.3 Å². The second kappa shape index (κ2) is 7.41. The first-order valence-corrected chi connectivity index (χ1v) is 8.00. The molecule has 0 atom stereocenters. The van der Waals surface area contributed by atoms with E-state index in [0.717, 1.165) is 6.07 Å². The smallest absolute Gasteiger partial charge is 0.334 e. The lowest BCUT2D eigenvalue weighted by Gasteiger charge is -2.37. The van der Waals surface area contributed by atoms with Gasteiger partial charge in [-0.2, -0.15) is 0 Å². The van der Waals surface area contributed by atoms with E-state index in [4.69, 9.17) is 4.65 Å². The number of pyridine rings is 1. The van der Waals surface area contributed by atoms with Crippen molar-refractivity contribution in [3.63, 3.8) is 0 Å². The minimum absolute atomic E-state index is 0.117. The first kappa shape index (κ1) is 19.2. The van der Waals surface area contributed by atoms with Crippen LogP contribution in [-0.2, 0) is 11.2 Å². The average molecular weight is 345 g/mol. The van der Waals surface area contributed by atoms with Crippen molar-refractivity contribution in [3.8, 4) is 5.75 Å². The summed E-state index contributed by atoms with van der Waals surface area (Å²) < 4.78 is 18.8. The van der Waals surface area contributed by atoms with E-state index in [9.17, 15) is 14.6 Å². The summed E-state index contributed by atoms with van der Waals surface area (Å²) in [5, 5.41) is 23.0. The first-order valence-electron chi connectivity index (χ1n) is 8.00. The Morgan fingerprint density at radius 1 is 1.24 bits per heavy atom. The predicted molar refractivity (Wildman–Crippen MR) is 96.5 cm³/mol. The van der Waals surface area contributed by atoms with Crippen molar-refractivity contribution in [2.24, 2.45) is 0 Å². The van der Waals surface area contributed by atoms with Crippen molar-refractivity contribution in [1.82, 2.24) is 4.98 Å². The van der Waals surface area contributed by atoms with E-state index in [-0.39, 0.29) is 12.3 Å². The minimum Gasteiger partial charge on any atom is -0.507 e. The van der Waals surface area contributed by atoms with Crippen LogP contribution in [0.4, 0.5) is 10.2 Å². The Bertz CT molecular complexity index is 733. The molecule has 0 amide bonds. The van der Waals surface area contributed by atoms with Crippen LogP contribution in [0, 0.1) is 5.82 Å². The van der Waals surface area contributed by atoms with Gasteiger partial charge in [0.15, 0.2) is 0 Å². The number of aromatic hydroxyl groups is 1. The van der Waals surface area contributed by atoms with Gasteiger partial charge in [0, 0.05) is 24.4 Å². The molecule has 133 valence electrons. The topological polar surface area (TPSA) is 74.6 Å². The summed E-state index contributed by atoms with van der Waals surface area (Å²) in [6.07, 6.45) is 1.63. The second-order valence-electron chi connectivity index (χ2n) is 6.87. The third-order valence-corrected chi connectivity index (χ3v) is 4.29. The largest absolute Gasteiger partial charge is 0.507 e. The number of rotatable bonds is 7. The van der Waals surface area contributed by atoms with Crippen LogP contribution in [0.2, 0.25) is 0 Å². The lowest BCUT2D eigenvalue weighted by molar-refractivity contribution is -0.0893. The minimum atomic E-state index is -1.03. The van der Waals surface area contributed by atoms with Gasteiger partial charge in [-0.25, -0.2) is 9.37 Å². The van der Waals surface area contributed by atoms with Gasteiger partial charge in [0.05, 0.1) is 11.2 Å². The fourth-order valence-corrected chi connectivity index (χ4v) is 1.88. The number of phenolic OH excluding ortho intramolecular Hbond substituents is 1. The van der Waals surface area contributed by atoms with Crippen LogP contribution in [-0.4, -0.2) is 33.9 Å². The maximum atomic E-state index is 13.0. The highest BCUT2D eigenvalue weighted by Crippen LogP contribution is 2.24. The molecule has 0 aliphatic carbocycles. The summed E-state index contributed by atoms with van der Waals surface area (Å²) in [7, 11) is 1.54. The Hall–Kier alpha value is -2.12. The molecule has 1 aromatic carbocycles. The number of aliphatic hydroxyl groups is 1. The van der Waals surface area contributed by atoms with Gasteiger partial charge in [-0.05, 0) is 45.3 Å². The van der Waals surface area contributed by atoms with Crippen molar-refractivity contribution in [3.05, 3.63) is 47.9 Å². The predicted octanol–water partition coefficient (Wildman–Crippen LogP) is 2.35. The Kier molecular flexibility index (Phi) is 5.70. The Morgan fingerprint density at radius 2 is 1.96 bits per heavy atom. The van der Waals surface area contributed by atoms with Crippen LogP contribution < -0.4 is 10.8 Å². The zero-order valence-corrected chi connectivity index (χ0v) is 14.9. The maximum Gasteiger partial charge on any atom is 0.334 e. The number of hydrogen-bond donors (Lipinski definition) is 3. The van der Waals surface area contributed by atoms with E-state index < -0.39 is 17.0 Å². The van der Waals surface area contributed by atoms with E-state index in [2.05, 4.69) is 10.3 Å². The van der Waals surface area contributed by atoms with Crippen LogP contribution in [0.25, 0.3) is 0 Å². The number of nitrogens with zero attached hydrogens (tertiary/aromatic N) is 1. The zero-order chi connectivity index (χ0) is 18.7. The molecule has 0 aliphatic rings. The summed E-state index contributed by atoms with van der Waals surface area (Å²) >= 11 is 0. The molecule has 0 fully saturated rings. The average Bonchev–Trinajstić information content (AvgIpc) is 2.52. The third-order valence-electron chi connectivity index (χ3n) is 4.29. The van der Waals surface area contributed by atoms with Crippen LogP contribution in [0.3, 0.4) is 0 Å². The van der Waals surface area contributed by atoms with E-state index in [1.807, 2.05) is 6.07 Å². The SMILES string of the molecule is CC(C)(O)C(C)(C)O[B]c1cccnc1NCc1ccc(F)cc1O. The van der Waals surface area contributed by atoms with Crippen molar-refractivity contribution in [1.29, 1.82) is 0 Å². The van der Waals surface area contributed by atoms with Gasteiger partial charge in [-0.15, -0.1) is 0 Å². The number of phenols is 1. The summed E-state index contributed by atoms with van der Waals surface area (Å²) in [6.45, 7) is 7.23. The van der Waals surface area contributed by atoms with Crippen molar-refractivity contribution >= 4 is 18.8 Å². The molecule has 7 heteroatoms. The lowest BCUT2D eigenvalue weighted by atomic mass is 9.82. The maximum absolute atomic E-state index is 13.0. The number of nitrogens with one attached hydrogen (secondary N) is 1. The summed E-state index contributed by atoms with van der Waals surface area (Å²) in [4.78, 5) is 4.26. The van der Waals surface area contributed by atoms with Gasteiger partial charge in [0.2, 0.25) is 0 Å². The fraction of sp³-hybridized carbons (Fsp3) is 0.389. The molecule has 0 spiro atoms. The Morgan fingerprint density at radius 3 is 2.60 bits per heavy atom. The van der Waals surface area contributed by atoms with Crippen LogP contribution >= 0.6 is 0 Å². The molecule has 1 radical (unpaired) electrons. The molecule has 0 saturated heterocycles. The molecule has 25 heavy (non-hydrogen) atoms. The van der Waals surface area contributed by atoms with E-state index in [0.29, 0.717) is 16.8 Å². The van der Waals surface area contributed by atoms with E-state index in [1.54, 1.807) is 40.0 Å². The monoisotopic (exact) mass is 345 g/mol. The van der Waals surface area contributed by atoms with Gasteiger partial charge in [0.1, 0.15) is 17.4 Å². The molecule has 0 aliphatic heterocycles. The molecule has 1 heterocycles. The number of benzene rings is 1. The van der Waals surface area contributed by atoms with E-state index in [1.165, 1.54) is 19.6 Å². The molecule has 0 bridgehead atoms. The lowest BCUT2D eigenvalue weighted by Crippen LogP contribution is -2.49. The number of hydrogen-bond acceptors (Lipinski definition) is 5. The summed E-state index contributed by atoms with van der Waals surface area (Å²) in [5.74, 6) is -0.0542. The molecule has 2 aromatic rings. The molecular formula is C18H23BFN2O3. The van der Waals surface area contributed by atoms with Gasteiger partial charge in [0.25, 0.3) is 0 Å². The molecule has 0 unspecified atom stereocenters. The fourth-order valence-electron chi connectivity index (χ4n) is 1.88. The van der Waals surface area contributed by atoms with Crippen LogP contribution in [0.15, 0.2) is 36.5 Å². The highest BCUT2D eigenvalue weighted by molar-refractivity contribution is 6.49. The van der Waals surface area contributed by atoms with Crippen molar-refractivity contribution in [2.45, 2.75) is 45.4 Å². The second-order valence-corrected chi connectivity index (χ2v) is 6.87. The molecular weight excluding hydrogens is 322 g/mol. The summed E-state index contributed by atoms with van der Waals surface area (Å²) in [5.41, 5.74) is -0.577. The molecule has 3 N–H and O–H groups in total. The third kappa shape index (κ3) is 4.93. The van der Waals surface area contributed by atoms with Crippen molar-refractivity contribution in [2.75, 3.05) is 5.32 Å². The molecule has 1 aromatic heterocycles. The van der Waals surface area contributed by atoms with Gasteiger partial charge < -0.3 is 20.2 Å². The van der Waals surface area contributed by atoms with Crippen LogP contribution in [0.5, 0.6) is 5.75 Å². The van der Waals surface area contributed by atoms with Crippen molar-refractivity contribution < 1.29 is 19.3 Å².